The topological polar surface area (TPSA) is 99.1 Å². The van der Waals surface area contributed by atoms with E-state index in [9.17, 15) is 19.5 Å². The first-order chi connectivity index (χ1) is 28.1. The van der Waals surface area contributed by atoms with E-state index in [4.69, 9.17) is 14.2 Å². The van der Waals surface area contributed by atoms with Gasteiger partial charge in [0.25, 0.3) is 0 Å². The summed E-state index contributed by atoms with van der Waals surface area (Å²) in [7, 11) is 5.47. The number of hydrogen-bond donors (Lipinski definition) is 1. The Morgan fingerprint density at radius 1 is 0.517 bits per heavy atom. The Balaban J connectivity index is 4.60. The summed E-state index contributed by atoms with van der Waals surface area (Å²) in [5, 5.41) is 9.61. The van der Waals surface area contributed by atoms with Gasteiger partial charge in [0.2, 0.25) is 0 Å². The molecule has 0 heterocycles. The number of likely N-dealkylation sites (N-methyl/N-ethyl adjacent to an activating group) is 1. The number of carboxylic acid groups (broad SMARTS) is 1. The summed E-state index contributed by atoms with van der Waals surface area (Å²) in [6, 6.07) is -0.641. The standard InChI is InChI=1S/C50H73NO7/c1-6-8-10-12-14-16-18-20-22-23-24-25-27-28-30-32-34-36-38-40-48(52)57-45-46(44-56-43-42-47(50(54)55)51(3,4)5)58-49(53)41-39-37-35-33-31-29-26-21-19-17-15-13-11-9-7-2/h8-31,46-47H,6-7,32-45H2,1-5H3/p+1/b10-8+,11-9+,14-12+,15-13+,18-16+,19-17+,22-20+,24-23+,26-21+,27-25+,30-28+,31-29+. The lowest BCUT2D eigenvalue weighted by Crippen LogP contribution is -2.50. The van der Waals surface area contributed by atoms with Gasteiger partial charge in [0.05, 0.1) is 34.4 Å². The molecule has 2 atom stereocenters. The Labute approximate surface area is 351 Å². The Bertz CT molecular complexity index is 1440. The summed E-state index contributed by atoms with van der Waals surface area (Å²) in [5.41, 5.74) is 0. The average molecular weight is 801 g/mol. The van der Waals surface area contributed by atoms with Gasteiger partial charge in [-0.25, -0.2) is 4.79 Å². The summed E-state index contributed by atoms with van der Waals surface area (Å²) >= 11 is 0. The molecule has 320 valence electrons. The summed E-state index contributed by atoms with van der Waals surface area (Å²) in [4.78, 5) is 36.9. The van der Waals surface area contributed by atoms with Crippen LogP contribution in [0.15, 0.2) is 146 Å². The molecule has 0 aliphatic carbocycles. The minimum atomic E-state index is -0.899. The molecule has 0 bridgehead atoms. The molecule has 2 unspecified atom stereocenters. The van der Waals surface area contributed by atoms with E-state index < -0.39 is 18.1 Å². The first kappa shape index (κ1) is 53.2. The molecule has 8 heteroatoms. The lowest BCUT2D eigenvalue weighted by molar-refractivity contribution is -0.887. The minimum absolute atomic E-state index is 0.0159. The zero-order valence-electron chi connectivity index (χ0n) is 36.2. The van der Waals surface area contributed by atoms with Crippen LogP contribution >= 0.6 is 0 Å². The van der Waals surface area contributed by atoms with Crippen LogP contribution in [0.25, 0.3) is 0 Å². The van der Waals surface area contributed by atoms with Crippen molar-refractivity contribution in [1.82, 2.24) is 0 Å². The quantitative estimate of drug-likeness (QED) is 0.0299. The van der Waals surface area contributed by atoms with E-state index in [1.807, 2.05) is 143 Å². The van der Waals surface area contributed by atoms with Crippen LogP contribution in [0.2, 0.25) is 0 Å². The second-order valence-electron chi connectivity index (χ2n) is 14.4. The molecule has 0 aromatic heterocycles. The molecule has 0 aliphatic heterocycles. The van der Waals surface area contributed by atoms with Crippen LogP contribution in [0.5, 0.6) is 0 Å². The van der Waals surface area contributed by atoms with E-state index in [0.717, 1.165) is 51.4 Å². The maximum atomic E-state index is 12.7. The van der Waals surface area contributed by atoms with Crippen molar-refractivity contribution in [2.24, 2.45) is 0 Å². The summed E-state index contributed by atoms with van der Waals surface area (Å²) in [6.45, 7) is 4.30. The van der Waals surface area contributed by atoms with Crippen LogP contribution in [0, 0.1) is 0 Å². The number of aliphatic carboxylic acids is 1. The van der Waals surface area contributed by atoms with Gasteiger partial charge in [0.1, 0.15) is 6.61 Å². The number of carbonyl (C=O) groups excluding carboxylic acids is 2. The molecule has 8 nitrogen and oxygen atoms in total. The van der Waals surface area contributed by atoms with Gasteiger partial charge in [0.15, 0.2) is 12.1 Å². The van der Waals surface area contributed by atoms with Crippen LogP contribution in [0.1, 0.15) is 97.3 Å². The highest BCUT2D eigenvalue weighted by molar-refractivity contribution is 5.72. The zero-order chi connectivity index (χ0) is 42.8. The van der Waals surface area contributed by atoms with Crippen molar-refractivity contribution in [2.45, 2.75) is 109 Å². The molecule has 58 heavy (non-hydrogen) atoms. The molecular weight excluding hydrogens is 727 g/mol. The second-order valence-corrected chi connectivity index (χ2v) is 14.4. The molecule has 0 amide bonds. The number of esters is 2. The predicted octanol–water partition coefficient (Wildman–Crippen LogP) is 11.4. The van der Waals surface area contributed by atoms with Crippen molar-refractivity contribution in [1.29, 1.82) is 0 Å². The van der Waals surface area contributed by atoms with Crippen LogP contribution in [-0.2, 0) is 28.6 Å². The minimum Gasteiger partial charge on any atom is -0.477 e. The van der Waals surface area contributed by atoms with Crippen LogP contribution in [0.3, 0.4) is 0 Å². The van der Waals surface area contributed by atoms with Crippen LogP contribution in [-0.4, -0.2) is 80.6 Å². The predicted molar refractivity (Wildman–Crippen MR) is 242 cm³/mol. The van der Waals surface area contributed by atoms with Crippen molar-refractivity contribution in [3.8, 4) is 0 Å². The maximum absolute atomic E-state index is 12.7. The smallest absolute Gasteiger partial charge is 0.362 e. The SMILES string of the molecule is CC/C=C/C=C/C=C/C=C/C=C/C=C/C=C/CCCCCC(=O)OCC(COCCC(C(=O)O)[N+](C)(C)C)OC(=O)CCCCC/C=C/C=C/C=C/C=C/C=C/CC. The molecule has 0 saturated heterocycles. The monoisotopic (exact) mass is 801 g/mol. The van der Waals surface area contributed by atoms with Crippen LogP contribution in [0.4, 0.5) is 0 Å². The fourth-order valence-electron chi connectivity index (χ4n) is 5.09. The Morgan fingerprint density at radius 3 is 1.31 bits per heavy atom. The first-order valence-electron chi connectivity index (χ1n) is 21.0. The zero-order valence-corrected chi connectivity index (χ0v) is 36.2. The number of allylic oxidation sites excluding steroid dienone is 24. The van der Waals surface area contributed by atoms with Gasteiger partial charge >= 0.3 is 17.9 Å². The van der Waals surface area contributed by atoms with E-state index in [1.54, 1.807) is 0 Å². The fraction of sp³-hybridized carbons (Fsp3) is 0.460. The fourth-order valence-corrected chi connectivity index (χ4v) is 5.09. The van der Waals surface area contributed by atoms with Gasteiger partial charge in [-0.2, -0.15) is 0 Å². The average Bonchev–Trinajstić information content (AvgIpc) is 3.18. The van der Waals surface area contributed by atoms with E-state index in [-0.39, 0.29) is 49.1 Å². The van der Waals surface area contributed by atoms with Crippen molar-refractivity contribution in [3.05, 3.63) is 146 Å². The Morgan fingerprint density at radius 2 is 0.914 bits per heavy atom. The third-order valence-corrected chi connectivity index (χ3v) is 8.31. The lowest BCUT2D eigenvalue weighted by Gasteiger charge is -2.31. The molecule has 1 N–H and O–H groups in total. The molecule has 0 aliphatic rings. The largest absolute Gasteiger partial charge is 0.477 e. The highest BCUT2D eigenvalue weighted by atomic mass is 16.6. The lowest BCUT2D eigenvalue weighted by atomic mass is 10.1. The van der Waals surface area contributed by atoms with E-state index in [2.05, 4.69) is 38.2 Å². The summed E-state index contributed by atoms with van der Waals surface area (Å²) < 4.78 is 17.1. The van der Waals surface area contributed by atoms with Crippen molar-refractivity contribution < 1.29 is 38.2 Å². The number of rotatable bonds is 34. The number of ether oxygens (including phenoxy) is 3. The van der Waals surface area contributed by atoms with Crippen molar-refractivity contribution in [3.63, 3.8) is 0 Å². The number of nitrogens with zero attached hydrogens (tertiary/aromatic N) is 1. The van der Waals surface area contributed by atoms with Crippen LogP contribution < -0.4 is 0 Å². The highest BCUT2D eigenvalue weighted by Crippen LogP contribution is 2.11. The third kappa shape index (κ3) is 36.8. The molecule has 0 spiro atoms. The number of carboxylic acids is 1. The number of carbonyl (C=O) groups is 3. The molecule has 0 saturated carbocycles. The normalized spacial score (nSPS) is 14.4. The van der Waals surface area contributed by atoms with Gasteiger partial charge in [-0.3, -0.25) is 9.59 Å². The number of quaternary nitrogens is 1. The van der Waals surface area contributed by atoms with Gasteiger partial charge in [0, 0.05) is 19.3 Å². The van der Waals surface area contributed by atoms with Crippen molar-refractivity contribution >= 4 is 17.9 Å². The molecular formula is C50H74NO7+. The van der Waals surface area contributed by atoms with Gasteiger partial charge in [-0.1, -0.05) is 173 Å². The number of unbranched alkanes of at least 4 members (excludes halogenated alkanes) is 6. The number of hydrogen-bond acceptors (Lipinski definition) is 6. The van der Waals surface area contributed by atoms with Gasteiger partial charge in [-0.05, 0) is 51.4 Å². The summed E-state index contributed by atoms with van der Waals surface area (Å²) in [6.07, 6.45) is 57.4. The van der Waals surface area contributed by atoms with E-state index in [1.165, 1.54) is 0 Å². The molecule has 0 radical (unpaired) electrons. The van der Waals surface area contributed by atoms with Gasteiger partial charge < -0.3 is 23.8 Å². The Hall–Kier alpha value is -4.79. The van der Waals surface area contributed by atoms with Gasteiger partial charge in [-0.15, -0.1) is 0 Å². The van der Waals surface area contributed by atoms with E-state index >= 15 is 0 Å². The summed E-state index contributed by atoms with van der Waals surface area (Å²) in [5.74, 6) is -1.61. The third-order valence-electron chi connectivity index (χ3n) is 8.31. The van der Waals surface area contributed by atoms with E-state index in [0.29, 0.717) is 19.3 Å². The molecule has 0 aromatic carbocycles. The maximum Gasteiger partial charge on any atom is 0.362 e. The first-order valence-corrected chi connectivity index (χ1v) is 21.0. The second kappa shape index (κ2) is 39.1. The molecule has 0 rings (SSSR count). The Kier molecular flexibility index (Phi) is 35.8. The molecule has 0 aromatic rings. The molecule has 0 fully saturated rings. The van der Waals surface area contributed by atoms with Crippen molar-refractivity contribution in [2.75, 3.05) is 41.0 Å². The highest BCUT2D eigenvalue weighted by Gasteiger charge is 2.31.